The minimum absolute atomic E-state index is 0.127. The molecule has 2 aromatic rings. The van der Waals surface area contributed by atoms with Gasteiger partial charge in [0.15, 0.2) is 11.5 Å². The first-order valence-electron chi connectivity index (χ1n) is 9.91. The Kier molecular flexibility index (Phi) is 10.0. The van der Waals surface area contributed by atoms with Crippen LogP contribution in [0.3, 0.4) is 0 Å². The van der Waals surface area contributed by atoms with E-state index in [1.165, 1.54) is 6.08 Å². The Hall–Kier alpha value is -2.34. The summed E-state index contributed by atoms with van der Waals surface area (Å²) in [6.45, 7) is 6.32. The van der Waals surface area contributed by atoms with Crippen LogP contribution < -0.4 is 18.9 Å². The predicted molar refractivity (Wildman–Crippen MR) is 125 cm³/mol. The summed E-state index contributed by atoms with van der Waals surface area (Å²) < 4.78 is 23.0. The molecule has 0 saturated carbocycles. The number of benzene rings is 2. The Morgan fingerprint density at radius 1 is 1.06 bits per heavy atom. The number of hydrogen-bond acceptors (Lipinski definition) is 5. The van der Waals surface area contributed by atoms with Crippen LogP contribution in [0.4, 0.5) is 0 Å². The molecule has 0 spiro atoms. The van der Waals surface area contributed by atoms with Crippen molar-refractivity contribution in [3.8, 4) is 28.7 Å². The third kappa shape index (κ3) is 6.82. The molecule has 0 heterocycles. The second-order valence-electron chi connectivity index (χ2n) is 6.67. The molecule has 0 aromatic heterocycles. The summed E-state index contributed by atoms with van der Waals surface area (Å²) in [4.78, 5) is 0. The summed E-state index contributed by atoms with van der Waals surface area (Å²) in [5.41, 5.74) is 1.76. The summed E-state index contributed by atoms with van der Waals surface area (Å²) in [5.74, 6) is 2.49. The summed E-state index contributed by atoms with van der Waals surface area (Å²) in [6.07, 6.45) is 5.25. The van der Waals surface area contributed by atoms with Gasteiger partial charge in [-0.15, -0.1) is 6.58 Å². The lowest BCUT2D eigenvalue weighted by Crippen LogP contribution is -2.01. The molecular formula is C24H28Cl2O5. The van der Waals surface area contributed by atoms with Crippen molar-refractivity contribution in [3.63, 3.8) is 0 Å². The molecule has 1 N–H and O–H groups in total. The topological polar surface area (TPSA) is 57.2 Å². The van der Waals surface area contributed by atoms with Gasteiger partial charge in [0.1, 0.15) is 11.5 Å². The summed E-state index contributed by atoms with van der Waals surface area (Å²) in [6, 6.07) is 7.20. The molecule has 2 rings (SSSR count). The van der Waals surface area contributed by atoms with E-state index in [1.807, 2.05) is 25.1 Å². The lowest BCUT2D eigenvalue weighted by molar-refractivity contribution is 0.313. The second kappa shape index (κ2) is 12.5. The van der Waals surface area contributed by atoms with Gasteiger partial charge < -0.3 is 24.1 Å². The van der Waals surface area contributed by atoms with Gasteiger partial charge >= 0.3 is 0 Å². The smallest absolute Gasteiger partial charge is 0.211 e. The van der Waals surface area contributed by atoms with Crippen LogP contribution in [0, 0.1) is 0 Å². The summed E-state index contributed by atoms with van der Waals surface area (Å²) in [5, 5.41) is 9.94. The molecule has 0 aliphatic heterocycles. The molecule has 0 amide bonds. The van der Waals surface area contributed by atoms with Crippen LogP contribution in [0.5, 0.6) is 28.7 Å². The molecule has 0 fully saturated rings. The van der Waals surface area contributed by atoms with Crippen molar-refractivity contribution in [3.05, 3.63) is 64.2 Å². The molecule has 2 aromatic carbocycles. The first-order valence-corrected chi connectivity index (χ1v) is 10.7. The van der Waals surface area contributed by atoms with Gasteiger partial charge in [-0.2, -0.15) is 0 Å². The molecule has 0 unspecified atom stereocenters. The average molecular weight is 467 g/mol. The van der Waals surface area contributed by atoms with E-state index in [0.29, 0.717) is 58.3 Å². The fourth-order valence-corrected chi connectivity index (χ4v) is 3.35. The van der Waals surface area contributed by atoms with Crippen LogP contribution in [0.15, 0.2) is 48.0 Å². The van der Waals surface area contributed by atoms with Crippen molar-refractivity contribution in [1.29, 1.82) is 0 Å². The number of rotatable bonds is 12. The number of hydrogen-bond donors (Lipinski definition) is 1. The van der Waals surface area contributed by atoms with Crippen LogP contribution in [0.25, 0.3) is 0 Å². The molecule has 0 aliphatic carbocycles. The van der Waals surface area contributed by atoms with E-state index in [0.717, 1.165) is 17.5 Å². The van der Waals surface area contributed by atoms with Crippen LogP contribution >= 0.6 is 23.2 Å². The van der Waals surface area contributed by atoms with E-state index < -0.39 is 0 Å². The van der Waals surface area contributed by atoms with Crippen molar-refractivity contribution in [2.75, 3.05) is 27.4 Å². The van der Waals surface area contributed by atoms with E-state index in [9.17, 15) is 0 Å². The second-order valence-corrected chi connectivity index (χ2v) is 7.57. The van der Waals surface area contributed by atoms with Crippen LogP contribution in [0.2, 0.25) is 5.02 Å². The Labute approximate surface area is 193 Å². The SMILES string of the molecule is C=CCc1cc(Oc2c(OC)cc(C/C(Cl)=C\CO)cc2OC)c(Cl)cc1OCCC. The lowest BCUT2D eigenvalue weighted by atomic mass is 10.1. The fourth-order valence-electron chi connectivity index (χ4n) is 2.93. The Balaban J connectivity index is 2.45. The van der Waals surface area contributed by atoms with Gasteiger partial charge in [-0.3, -0.25) is 0 Å². The van der Waals surface area contributed by atoms with Gasteiger partial charge in [0.25, 0.3) is 0 Å². The molecule has 7 heteroatoms. The van der Waals surface area contributed by atoms with E-state index in [-0.39, 0.29) is 6.61 Å². The van der Waals surface area contributed by atoms with Crippen molar-refractivity contribution >= 4 is 23.2 Å². The van der Waals surface area contributed by atoms with Crippen molar-refractivity contribution < 1.29 is 24.1 Å². The zero-order valence-electron chi connectivity index (χ0n) is 18.0. The zero-order valence-corrected chi connectivity index (χ0v) is 19.6. The maximum absolute atomic E-state index is 9.02. The molecule has 0 radical (unpaired) electrons. The molecule has 0 bridgehead atoms. The van der Waals surface area contributed by atoms with Gasteiger partial charge in [-0.1, -0.05) is 36.2 Å². The lowest BCUT2D eigenvalue weighted by Gasteiger charge is -2.18. The average Bonchev–Trinajstić information content (AvgIpc) is 2.75. The predicted octanol–water partition coefficient (Wildman–Crippen LogP) is 6.32. The molecule has 5 nitrogen and oxygen atoms in total. The maximum atomic E-state index is 9.02. The van der Waals surface area contributed by atoms with Crippen molar-refractivity contribution in [2.45, 2.75) is 26.2 Å². The maximum Gasteiger partial charge on any atom is 0.211 e. The first kappa shape index (κ1) is 24.9. The molecule has 31 heavy (non-hydrogen) atoms. The standard InChI is InChI=1S/C24H28Cl2O5/c1-5-7-17-14-21(19(26)15-20(17)30-10-6-2)31-24-22(28-3)12-16(13-23(24)29-4)11-18(25)8-9-27/h5,8,12-15,27H,1,6-7,9-11H2,2-4H3/b18-8+. The highest BCUT2D eigenvalue weighted by atomic mass is 35.5. The number of methoxy groups -OCH3 is 2. The Bertz CT molecular complexity index is 899. The number of allylic oxidation sites excluding steroid dienone is 2. The van der Waals surface area contributed by atoms with Crippen molar-refractivity contribution in [1.82, 2.24) is 0 Å². The Morgan fingerprint density at radius 3 is 2.29 bits per heavy atom. The summed E-state index contributed by atoms with van der Waals surface area (Å²) in [7, 11) is 3.09. The van der Waals surface area contributed by atoms with E-state index in [2.05, 4.69) is 6.58 Å². The summed E-state index contributed by atoms with van der Waals surface area (Å²) >= 11 is 12.6. The third-order valence-corrected chi connectivity index (χ3v) is 4.94. The molecule has 168 valence electrons. The highest BCUT2D eigenvalue weighted by molar-refractivity contribution is 6.32. The van der Waals surface area contributed by atoms with Crippen LogP contribution in [-0.2, 0) is 12.8 Å². The number of aliphatic hydroxyl groups excluding tert-OH is 1. The highest BCUT2D eigenvalue weighted by Crippen LogP contribution is 2.44. The minimum Gasteiger partial charge on any atom is -0.493 e. The van der Waals surface area contributed by atoms with Crippen LogP contribution in [-0.4, -0.2) is 32.5 Å². The zero-order chi connectivity index (χ0) is 22.8. The van der Waals surface area contributed by atoms with Crippen molar-refractivity contribution in [2.24, 2.45) is 0 Å². The third-order valence-electron chi connectivity index (χ3n) is 4.36. The molecule has 0 atom stereocenters. The molecular weight excluding hydrogens is 439 g/mol. The van der Waals surface area contributed by atoms with E-state index in [1.54, 1.807) is 26.4 Å². The van der Waals surface area contributed by atoms with Gasteiger partial charge in [-0.25, -0.2) is 0 Å². The monoisotopic (exact) mass is 466 g/mol. The number of aliphatic hydroxyl groups is 1. The van der Waals surface area contributed by atoms with Gasteiger partial charge in [0.2, 0.25) is 5.75 Å². The number of halogens is 2. The van der Waals surface area contributed by atoms with E-state index >= 15 is 0 Å². The van der Waals surface area contributed by atoms with Gasteiger partial charge in [0, 0.05) is 23.1 Å². The van der Waals surface area contributed by atoms with Gasteiger partial charge in [0.05, 0.1) is 32.5 Å². The van der Waals surface area contributed by atoms with Gasteiger partial charge in [-0.05, 0) is 42.7 Å². The Morgan fingerprint density at radius 2 is 1.74 bits per heavy atom. The fraction of sp³-hybridized carbons (Fsp3) is 0.333. The minimum atomic E-state index is -0.127. The highest BCUT2D eigenvalue weighted by Gasteiger charge is 2.19. The molecule has 0 aliphatic rings. The molecule has 0 saturated heterocycles. The quantitative estimate of drug-likeness (QED) is 0.370. The normalized spacial score (nSPS) is 11.2. The largest absolute Gasteiger partial charge is 0.493 e. The first-order chi connectivity index (χ1) is 15.0. The van der Waals surface area contributed by atoms with E-state index in [4.69, 9.17) is 47.3 Å². The van der Waals surface area contributed by atoms with Crippen LogP contribution in [0.1, 0.15) is 24.5 Å². The number of ether oxygens (including phenoxy) is 4.